The molecule has 1 saturated heterocycles. The quantitative estimate of drug-likeness (QED) is 0.265. The normalized spacial score (nSPS) is 48.6. The van der Waals surface area contributed by atoms with Crippen LogP contribution in [-0.4, -0.2) is 24.3 Å². The van der Waals surface area contributed by atoms with E-state index in [2.05, 4.69) is 26.8 Å². The predicted molar refractivity (Wildman–Crippen MR) is 123 cm³/mol. The Labute approximate surface area is 201 Å². The van der Waals surface area contributed by atoms with Crippen LogP contribution in [0, 0.1) is 39.4 Å². The molecule has 7 atom stereocenters. The fourth-order valence-electron chi connectivity index (χ4n) is 9.21. The van der Waals surface area contributed by atoms with Gasteiger partial charge >= 0.3 is 12.1 Å². The molecule has 0 N–H and O–H groups in total. The molecule has 4 aliphatic carbocycles. The van der Waals surface area contributed by atoms with Crippen molar-refractivity contribution in [1.29, 1.82) is 0 Å². The summed E-state index contributed by atoms with van der Waals surface area (Å²) in [5.74, 6) is -4.24. The maximum atomic E-state index is 14.9. The van der Waals surface area contributed by atoms with E-state index in [1.807, 2.05) is 0 Å². The van der Waals surface area contributed by atoms with Crippen molar-refractivity contribution >= 4 is 0 Å². The zero-order valence-electron chi connectivity index (χ0n) is 21.4. The average Bonchev–Trinajstić information content (AvgIpc) is 3.01. The summed E-state index contributed by atoms with van der Waals surface area (Å²) in [6.45, 7) is 10.6. The number of fused-ring (bicyclic) bond motifs is 5. The maximum absolute atomic E-state index is 14.9. The van der Waals surface area contributed by atoms with Crippen LogP contribution < -0.4 is 0 Å². The van der Waals surface area contributed by atoms with E-state index >= 15 is 0 Å². The van der Waals surface area contributed by atoms with Gasteiger partial charge in [-0.2, -0.15) is 22.0 Å². The second-order valence-corrected chi connectivity index (χ2v) is 14.1. The van der Waals surface area contributed by atoms with E-state index < -0.39 is 22.9 Å². The maximum Gasteiger partial charge on any atom is 0.453 e. The van der Waals surface area contributed by atoms with Crippen molar-refractivity contribution in [1.82, 2.24) is 0 Å². The van der Waals surface area contributed by atoms with Crippen molar-refractivity contribution in [2.24, 2.45) is 39.4 Å². The van der Waals surface area contributed by atoms with E-state index in [0.717, 1.165) is 45.1 Å². The minimum atomic E-state index is -5.51. The van der Waals surface area contributed by atoms with Crippen LogP contribution in [0.4, 0.5) is 22.0 Å². The van der Waals surface area contributed by atoms with Crippen molar-refractivity contribution in [3.63, 3.8) is 0 Å². The standard InChI is InChI=1S/C28H41F5O/c1-22(2)14-15-26(34-17-22)13-9-20-18-7-11-24(4)21(19(18)6-10-23(20,3)16-26)8-12-25(24,5)27(29,30)28(31,32)33/h7,19-21H,6,8-17H2,1-5H3/t19?,20?,21?,23-,24?,25+,26?/m0/s1. The fourth-order valence-corrected chi connectivity index (χ4v) is 9.21. The highest BCUT2D eigenvalue weighted by Gasteiger charge is 2.76. The van der Waals surface area contributed by atoms with Gasteiger partial charge in [-0.05, 0) is 98.2 Å². The highest BCUT2D eigenvalue weighted by molar-refractivity contribution is 5.29. The second-order valence-electron chi connectivity index (χ2n) is 14.1. The molecule has 0 amide bonds. The van der Waals surface area contributed by atoms with Crippen LogP contribution >= 0.6 is 0 Å². The Kier molecular flexibility index (Phi) is 5.31. The Morgan fingerprint density at radius 2 is 1.56 bits per heavy atom. The minimum absolute atomic E-state index is 0.0436. The van der Waals surface area contributed by atoms with Crippen molar-refractivity contribution in [2.45, 2.75) is 117 Å². The molecule has 4 fully saturated rings. The summed E-state index contributed by atoms with van der Waals surface area (Å²) in [6, 6.07) is 0. The van der Waals surface area contributed by atoms with Crippen LogP contribution in [0.25, 0.3) is 0 Å². The number of hydrogen-bond donors (Lipinski definition) is 0. The van der Waals surface area contributed by atoms with Crippen LogP contribution in [-0.2, 0) is 4.74 Å². The van der Waals surface area contributed by atoms with Gasteiger partial charge in [0.05, 0.1) is 12.2 Å². The summed E-state index contributed by atoms with van der Waals surface area (Å²) < 4.78 is 76.8. The predicted octanol–water partition coefficient (Wildman–Crippen LogP) is 8.73. The molecule has 3 saturated carbocycles. The third kappa shape index (κ3) is 3.24. The zero-order valence-corrected chi connectivity index (χ0v) is 21.4. The van der Waals surface area contributed by atoms with E-state index in [9.17, 15) is 22.0 Å². The number of alkyl halides is 5. The summed E-state index contributed by atoms with van der Waals surface area (Å²) in [5, 5.41) is 0. The van der Waals surface area contributed by atoms with E-state index in [1.54, 1.807) is 6.92 Å². The Morgan fingerprint density at radius 3 is 2.18 bits per heavy atom. The van der Waals surface area contributed by atoms with E-state index in [-0.39, 0.29) is 34.7 Å². The first-order chi connectivity index (χ1) is 15.5. The summed E-state index contributed by atoms with van der Waals surface area (Å²) >= 11 is 0. The molecule has 0 radical (unpaired) electrons. The topological polar surface area (TPSA) is 9.23 Å². The molecule has 34 heavy (non-hydrogen) atoms. The van der Waals surface area contributed by atoms with Gasteiger partial charge in [-0.15, -0.1) is 0 Å². The minimum Gasteiger partial charge on any atom is -0.374 e. The number of rotatable bonds is 1. The Hall–Kier alpha value is -0.650. The van der Waals surface area contributed by atoms with Crippen molar-refractivity contribution in [3.05, 3.63) is 11.6 Å². The fraction of sp³-hybridized carbons (Fsp3) is 0.929. The number of halogens is 5. The molecule has 194 valence electrons. The summed E-state index contributed by atoms with van der Waals surface area (Å²) in [4.78, 5) is 0. The first-order valence-electron chi connectivity index (χ1n) is 13.3. The first kappa shape index (κ1) is 25.0. The number of allylic oxidation sites excluding steroid dienone is 2. The molecule has 1 aliphatic heterocycles. The van der Waals surface area contributed by atoms with Gasteiger partial charge in [0.15, 0.2) is 0 Å². The smallest absolute Gasteiger partial charge is 0.374 e. The van der Waals surface area contributed by atoms with Gasteiger partial charge in [-0.3, -0.25) is 0 Å². The van der Waals surface area contributed by atoms with Crippen molar-refractivity contribution in [3.8, 4) is 0 Å². The monoisotopic (exact) mass is 488 g/mol. The summed E-state index contributed by atoms with van der Waals surface area (Å²) in [7, 11) is 0. The molecular formula is C28H41F5O. The third-order valence-electron chi connectivity index (χ3n) is 11.7. The van der Waals surface area contributed by atoms with Gasteiger partial charge in [0, 0.05) is 5.41 Å². The number of ether oxygens (including phenoxy) is 1. The van der Waals surface area contributed by atoms with E-state index in [1.165, 1.54) is 18.9 Å². The SMILES string of the molecule is CC1(C)CCC2(CCC3C4=CCC5(C)C(CC[C@@]5(C)C(F)(F)C(F)(F)F)C4CC[C@@]3(C)C2)OC1. The largest absolute Gasteiger partial charge is 0.453 e. The van der Waals surface area contributed by atoms with Gasteiger partial charge in [-0.25, -0.2) is 0 Å². The third-order valence-corrected chi connectivity index (χ3v) is 11.7. The van der Waals surface area contributed by atoms with Gasteiger partial charge < -0.3 is 4.74 Å². The number of hydrogen-bond acceptors (Lipinski definition) is 1. The second kappa shape index (κ2) is 7.22. The lowest BCUT2D eigenvalue weighted by Gasteiger charge is -2.60. The molecule has 0 aromatic carbocycles. The highest BCUT2D eigenvalue weighted by Crippen LogP contribution is 2.73. The summed E-state index contributed by atoms with van der Waals surface area (Å²) in [6.07, 6.45) is 4.61. The molecule has 1 spiro atoms. The molecule has 1 nitrogen and oxygen atoms in total. The van der Waals surface area contributed by atoms with Crippen LogP contribution in [0.3, 0.4) is 0 Å². The molecule has 1 heterocycles. The molecule has 0 bridgehead atoms. The lowest BCUT2D eigenvalue weighted by atomic mass is 9.46. The van der Waals surface area contributed by atoms with E-state index in [4.69, 9.17) is 4.74 Å². The molecule has 5 aliphatic rings. The van der Waals surface area contributed by atoms with Crippen LogP contribution in [0.15, 0.2) is 11.6 Å². The lowest BCUT2D eigenvalue weighted by Crippen LogP contribution is -2.59. The molecule has 0 aromatic rings. The Morgan fingerprint density at radius 1 is 0.853 bits per heavy atom. The Balaban J connectivity index is 1.42. The van der Waals surface area contributed by atoms with Crippen molar-refractivity contribution < 1.29 is 26.7 Å². The first-order valence-corrected chi connectivity index (χ1v) is 13.3. The van der Waals surface area contributed by atoms with E-state index in [0.29, 0.717) is 18.8 Å². The van der Waals surface area contributed by atoms with Gasteiger partial charge in [0.2, 0.25) is 0 Å². The van der Waals surface area contributed by atoms with Crippen LogP contribution in [0.1, 0.15) is 98.8 Å². The molecule has 5 unspecified atom stereocenters. The molecule has 6 heteroatoms. The average molecular weight is 489 g/mol. The zero-order chi connectivity index (χ0) is 25.0. The highest BCUT2D eigenvalue weighted by atomic mass is 19.4. The molecule has 0 aromatic heterocycles. The molecular weight excluding hydrogens is 447 g/mol. The molecule has 5 rings (SSSR count). The van der Waals surface area contributed by atoms with Gasteiger partial charge in [-0.1, -0.05) is 46.3 Å². The lowest BCUT2D eigenvalue weighted by molar-refractivity contribution is -0.340. The Bertz CT molecular complexity index is 865. The van der Waals surface area contributed by atoms with Crippen LogP contribution in [0.2, 0.25) is 0 Å². The van der Waals surface area contributed by atoms with Crippen molar-refractivity contribution in [2.75, 3.05) is 6.61 Å². The summed E-state index contributed by atoms with van der Waals surface area (Å²) in [5.41, 5.74) is -1.43. The van der Waals surface area contributed by atoms with Gasteiger partial charge in [0.25, 0.3) is 0 Å². The van der Waals surface area contributed by atoms with Gasteiger partial charge in [0.1, 0.15) is 0 Å². The van der Waals surface area contributed by atoms with Crippen LogP contribution in [0.5, 0.6) is 0 Å².